The molecule has 0 bridgehead atoms. The van der Waals surface area contributed by atoms with E-state index in [0.717, 1.165) is 16.6 Å². The molecule has 0 saturated heterocycles. The Kier molecular flexibility index (Phi) is 5.47. The number of fused-ring (bicyclic) bond motifs is 1. The van der Waals surface area contributed by atoms with E-state index in [-0.39, 0.29) is 24.5 Å². The predicted octanol–water partition coefficient (Wildman–Crippen LogP) is 3.57. The second kappa shape index (κ2) is 8.36. The molecule has 1 atom stereocenters. The molecule has 0 aliphatic heterocycles. The van der Waals surface area contributed by atoms with Crippen molar-refractivity contribution in [1.82, 2.24) is 19.3 Å². The number of hydrogen-bond acceptors (Lipinski definition) is 6. The molecule has 0 aliphatic rings. The zero-order chi connectivity index (χ0) is 21.1. The standard InChI is InChI=1S/C22H22N4O4/c1-3-25-17-11-7-8-12-18(17)26(22(25)28)14-13-19(27)29-15(2)20-23-24-21(30-20)16-9-5-4-6-10-16/h4-12,15H,3,13-14H2,1-2H3/t15-/m0/s1. The van der Waals surface area contributed by atoms with Crippen LogP contribution in [0.4, 0.5) is 0 Å². The summed E-state index contributed by atoms with van der Waals surface area (Å²) in [5.41, 5.74) is 2.31. The number of rotatable bonds is 7. The molecule has 2 aromatic heterocycles. The number of carbonyl (C=O) groups excluding carboxylic acids is 1. The van der Waals surface area contributed by atoms with Crippen LogP contribution in [0, 0.1) is 0 Å². The topological polar surface area (TPSA) is 92.2 Å². The summed E-state index contributed by atoms with van der Waals surface area (Å²) < 4.78 is 14.4. The van der Waals surface area contributed by atoms with Crippen molar-refractivity contribution in [2.45, 2.75) is 39.5 Å². The van der Waals surface area contributed by atoms with E-state index in [1.165, 1.54) is 0 Å². The largest absolute Gasteiger partial charge is 0.453 e. The highest BCUT2D eigenvalue weighted by atomic mass is 16.6. The number of esters is 1. The second-order valence-corrected chi connectivity index (χ2v) is 6.86. The molecule has 0 radical (unpaired) electrons. The van der Waals surface area contributed by atoms with Crippen LogP contribution >= 0.6 is 0 Å². The Hall–Kier alpha value is -3.68. The number of nitrogens with zero attached hydrogens (tertiary/aromatic N) is 4. The summed E-state index contributed by atoms with van der Waals surface area (Å²) in [6.07, 6.45) is -0.627. The van der Waals surface area contributed by atoms with E-state index in [0.29, 0.717) is 12.4 Å². The molecule has 8 nitrogen and oxygen atoms in total. The van der Waals surface area contributed by atoms with Gasteiger partial charge in [0.2, 0.25) is 5.89 Å². The Labute approximate surface area is 172 Å². The molecule has 0 N–H and O–H groups in total. The third-order valence-electron chi connectivity index (χ3n) is 4.90. The highest BCUT2D eigenvalue weighted by Gasteiger charge is 2.20. The van der Waals surface area contributed by atoms with Crippen LogP contribution in [0.5, 0.6) is 0 Å². The van der Waals surface area contributed by atoms with Crippen molar-refractivity contribution < 1.29 is 13.9 Å². The summed E-state index contributed by atoms with van der Waals surface area (Å²) in [6, 6.07) is 16.9. The average molecular weight is 406 g/mol. The van der Waals surface area contributed by atoms with Crippen molar-refractivity contribution >= 4 is 17.0 Å². The zero-order valence-corrected chi connectivity index (χ0v) is 16.8. The SMILES string of the molecule is CCn1c(=O)n(CCC(=O)O[C@@H](C)c2nnc(-c3ccccc3)o2)c2ccccc21. The van der Waals surface area contributed by atoms with Crippen LogP contribution in [0.15, 0.2) is 63.8 Å². The Morgan fingerprint density at radius 1 is 1.03 bits per heavy atom. The number of hydrogen-bond donors (Lipinski definition) is 0. The fourth-order valence-corrected chi connectivity index (χ4v) is 3.40. The first-order chi connectivity index (χ1) is 14.6. The van der Waals surface area contributed by atoms with Crippen molar-refractivity contribution in [3.8, 4) is 11.5 Å². The van der Waals surface area contributed by atoms with E-state index in [1.54, 1.807) is 16.1 Å². The van der Waals surface area contributed by atoms with Crippen LogP contribution in [0.3, 0.4) is 0 Å². The highest BCUT2D eigenvalue weighted by molar-refractivity contribution is 5.76. The van der Waals surface area contributed by atoms with E-state index in [4.69, 9.17) is 9.15 Å². The molecule has 0 saturated carbocycles. The fourth-order valence-electron chi connectivity index (χ4n) is 3.40. The van der Waals surface area contributed by atoms with Crippen LogP contribution in [0.1, 0.15) is 32.3 Å². The third kappa shape index (κ3) is 3.76. The van der Waals surface area contributed by atoms with Gasteiger partial charge in [-0.3, -0.25) is 13.9 Å². The zero-order valence-electron chi connectivity index (χ0n) is 16.8. The quantitative estimate of drug-likeness (QED) is 0.436. The minimum Gasteiger partial charge on any atom is -0.453 e. The summed E-state index contributed by atoms with van der Waals surface area (Å²) in [6.45, 7) is 4.39. The molecule has 0 spiro atoms. The molecule has 8 heteroatoms. The first-order valence-corrected chi connectivity index (χ1v) is 9.85. The van der Waals surface area contributed by atoms with E-state index in [1.807, 2.05) is 61.5 Å². The maximum absolute atomic E-state index is 12.7. The minimum atomic E-state index is -0.684. The lowest BCUT2D eigenvalue weighted by molar-refractivity contribution is -0.149. The lowest BCUT2D eigenvalue weighted by Crippen LogP contribution is -2.25. The molecule has 0 amide bonds. The van der Waals surface area contributed by atoms with Gasteiger partial charge in [0.25, 0.3) is 5.89 Å². The summed E-state index contributed by atoms with van der Waals surface area (Å²) in [4.78, 5) is 25.0. The summed E-state index contributed by atoms with van der Waals surface area (Å²) >= 11 is 0. The molecule has 2 heterocycles. The van der Waals surface area contributed by atoms with Gasteiger partial charge in [0.15, 0.2) is 6.10 Å². The van der Waals surface area contributed by atoms with Crippen molar-refractivity contribution in [3.63, 3.8) is 0 Å². The fraction of sp³-hybridized carbons (Fsp3) is 0.273. The van der Waals surface area contributed by atoms with Crippen molar-refractivity contribution in [2.24, 2.45) is 0 Å². The van der Waals surface area contributed by atoms with E-state index in [2.05, 4.69) is 10.2 Å². The van der Waals surface area contributed by atoms with Gasteiger partial charge in [0.05, 0.1) is 17.5 Å². The van der Waals surface area contributed by atoms with E-state index in [9.17, 15) is 9.59 Å². The van der Waals surface area contributed by atoms with Gasteiger partial charge in [0.1, 0.15) is 0 Å². The molecule has 4 rings (SSSR count). The van der Waals surface area contributed by atoms with Gasteiger partial charge < -0.3 is 9.15 Å². The van der Waals surface area contributed by atoms with E-state index < -0.39 is 12.1 Å². The van der Waals surface area contributed by atoms with Crippen molar-refractivity contribution in [3.05, 3.63) is 71.0 Å². The molecule has 0 fully saturated rings. The molecule has 154 valence electrons. The van der Waals surface area contributed by atoms with Gasteiger partial charge in [-0.25, -0.2) is 4.79 Å². The van der Waals surface area contributed by atoms with Crippen LogP contribution < -0.4 is 5.69 Å². The van der Waals surface area contributed by atoms with E-state index >= 15 is 0 Å². The predicted molar refractivity (Wildman–Crippen MR) is 111 cm³/mol. The average Bonchev–Trinajstić information content (AvgIpc) is 3.36. The molecule has 4 aromatic rings. The van der Waals surface area contributed by atoms with Crippen LogP contribution in [-0.4, -0.2) is 25.3 Å². The summed E-state index contributed by atoms with van der Waals surface area (Å²) in [7, 11) is 0. The number of ether oxygens (including phenoxy) is 1. The van der Waals surface area contributed by atoms with Crippen LogP contribution in [0.25, 0.3) is 22.5 Å². The summed E-state index contributed by atoms with van der Waals surface area (Å²) in [5, 5.41) is 7.99. The van der Waals surface area contributed by atoms with Crippen molar-refractivity contribution in [1.29, 1.82) is 0 Å². The number of imidazole rings is 1. The number of aromatic nitrogens is 4. The number of benzene rings is 2. The Bertz CT molecular complexity index is 1220. The smallest absolute Gasteiger partial charge is 0.329 e. The van der Waals surface area contributed by atoms with Gasteiger partial charge >= 0.3 is 11.7 Å². The molecule has 30 heavy (non-hydrogen) atoms. The maximum Gasteiger partial charge on any atom is 0.329 e. The Balaban J connectivity index is 1.42. The summed E-state index contributed by atoms with van der Waals surface area (Å²) in [5.74, 6) is 0.150. The van der Waals surface area contributed by atoms with Gasteiger partial charge in [-0.15, -0.1) is 10.2 Å². The second-order valence-electron chi connectivity index (χ2n) is 6.86. The van der Waals surface area contributed by atoms with Crippen molar-refractivity contribution in [2.75, 3.05) is 0 Å². The van der Waals surface area contributed by atoms with Gasteiger partial charge in [-0.05, 0) is 38.1 Å². The lowest BCUT2D eigenvalue weighted by atomic mass is 10.2. The maximum atomic E-state index is 12.7. The highest BCUT2D eigenvalue weighted by Crippen LogP contribution is 2.22. The first-order valence-electron chi connectivity index (χ1n) is 9.85. The van der Waals surface area contributed by atoms with Gasteiger partial charge in [-0.2, -0.15) is 0 Å². The monoisotopic (exact) mass is 406 g/mol. The van der Waals surface area contributed by atoms with Crippen LogP contribution in [0.2, 0.25) is 0 Å². The number of para-hydroxylation sites is 2. The Morgan fingerprint density at radius 3 is 2.40 bits per heavy atom. The van der Waals surface area contributed by atoms with Gasteiger partial charge in [0, 0.05) is 18.7 Å². The molecular formula is C22H22N4O4. The molecule has 0 aliphatic carbocycles. The minimum absolute atomic E-state index is 0.0572. The first kappa shape index (κ1) is 19.6. The molecule has 0 unspecified atom stereocenters. The number of aryl methyl sites for hydroxylation is 2. The molecule has 2 aromatic carbocycles. The van der Waals surface area contributed by atoms with Crippen LogP contribution in [-0.2, 0) is 22.6 Å². The molecular weight excluding hydrogens is 384 g/mol. The normalized spacial score (nSPS) is 12.2. The number of carbonyl (C=O) groups is 1. The lowest BCUT2D eigenvalue weighted by Gasteiger charge is -2.09. The third-order valence-corrected chi connectivity index (χ3v) is 4.90. The van der Waals surface area contributed by atoms with Gasteiger partial charge in [-0.1, -0.05) is 30.3 Å². The Morgan fingerprint density at radius 2 is 1.70 bits per heavy atom.